The Bertz CT molecular complexity index is 582. The van der Waals surface area contributed by atoms with Crippen LogP contribution in [0, 0.1) is 5.82 Å². The number of nitrogens with one attached hydrogen (secondary N) is 1. The molecule has 1 aromatic heterocycles. The molecular formula is C15H15FN2O. The van der Waals surface area contributed by atoms with Crippen molar-refractivity contribution in [2.45, 2.75) is 19.4 Å². The van der Waals surface area contributed by atoms with E-state index in [0.717, 1.165) is 5.56 Å². The van der Waals surface area contributed by atoms with Crippen molar-refractivity contribution < 1.29 is 9.18 Å². The molecule has 19 heavy (non-hydrogen) atoms. The highest BCUT2D eigenvalue weighted by Gasteiger charge is 2.23. The molecule has 0 radical (unpaired) electrons. The molecule has 0 bridgehead atoms. The van der Waals surface area contributed by atoms with Crippen LogP contribution in [0.2, 0.25) is 0 Å². The number of pyridine rings is 1. The topological polar surface area (TPSA) is 42.0 Å². The van der Waals surface area contributed by atoms with Gasteiger partial charge in [0.25, 0.3) is 5.91 Å². The fourth-order valence-corrected chi connectivity index (χ4v) is 1.79. The van der Waals surface area contributed by atoms with Gasteiger partial charge >= 0.3 is 0 Å². The fraction of sp³-hybridized carbons (Fsp3) is 0.200. The second-order valence-electron chi connectivity index (χ2n) is 4.83. The third-order valence-corrected chi connectivity index (χ3v) is 2.90. The monoisotopic (exact) mass is 258 g/mol. The Morgan fingerprint density at radius 3 is 2.68 bits per heavy atom. The summed E-state index contributed by atoms with van der Waals surface area (Å²) in [5.41, 5.74) is 0.620. The van der Waals surface area contributed by atoms with Gasteiger partial charge in [-0.25, -0.2) is 4.39 Å². The average Bonchev–Trinajstić information content (AvgIpc) is 2.39. The number of hydrogen-bond acceptors (Lipinski definition) is 2. The van der Waals surface area contributed by atoms with Crippen molar-refractivity contribution in [3.63, 3.8) is 0 Å². The molecule has 2 rings (SSSR count). The highest BCUT2D eigenvalue weighted by Crippen LogP contribution is 2.19. The van der Waals surface area contributed by atoms with E-state index in [-0.39, 0.29) is 5.91 Å². The van der Waals surface area contributed by atoms with Crippen molar-refractivity contribution in [3.8, 4) is 0 Å². The Kier molecular flexibility index (Phi) is 3.60. The number of carbonyl (C=O) groups excluding carboxylic acids is 1. The maximum atomic E-state index is 13.1. The van der Waals surface area contributed by atoms with Gasteiger partial charge in [-0.3, -0.25) is 9.78 Å². The summed E-state index contributed by atoms with van der Waals surface area (Å²) in [6, 6.07) is 9.32. The molecule has 0 saturated heterocycles. The van der Waals surface area contributed by atoms with Gasteiger partial charge in [-0.15, -0.1) is 0 Å². The predicted molar refractivity (Wildman–Crippen MR) is 71.1 cm³/mol. The number of halogens is 1. The summed E-state index contributed by atoms with van der Waals surface area (Å²) >= 11 is 0. The van der Waals surface area contributed by atoms with E-state index in [1.54, 1.807) is 18.5 Å². The first-order chi connectivity index (χ1) is 8.99. The lowest BCUT2D eigenvalue weighted by Crippen LogP contribution is -2.41. The summed E-state index contributed by atoms with van der Waals surface area (Å²) in [5.74, 6) is -0.736. The van der Waals surface area contributed by atoms with Gasteiger partial charge in [-0.1, -0.05) is 12.1 Å². The zero-order valence-corrected chi connectivity index (χ0v) is 10.9. The van der Waals surface area contributed by atoms with Crippen LogP contribution in [0.1, 0.15) is 29.8 Å². The highest BCUT2D eigenvalue weighted by molar-refractivity contribution is 5.94. The van der Waals surface area contributed by atoms with E-state index in [1.807, 2.05) is 26.0 Å². The van der Waals surface area contributed by atoms with Crippen LogP contribution in [0.25, 0.3) is 0 Å². The summed E-state index contributed by atoms with van der Waals surface area (Å²) in [6.45, 7) is 3.75. The molecule has 1 heterocycles. The predicted octanol–water partition coefficient (Wildman–Crippen LogP) is 2.89. The molecular weight excluding hydrogens is 243 g/mol. The quantitative estimate of drug-likeness (QED) is 0.919. The Morgan fingerprint density at radius 2 is 2.05 bits per heavy atom. The van der Waals surface area contributed by atoms with Gasteiger partial charge in [0.15, 0.2) is 0 Å². The smallest absolute Gasteiger partial charge is 0.252 e. The molecule has 0 atom stereocenters. The first-order valence-corrected chi connectivity index (χ1v) is 5.97. The minimum absolute atomic E-state index is 0.303. The molecule has 0 aliphatic carbocycles. The van der Waals surface area contributed by atoms with Crippen molar-refractivity contribution in [3.05, 3.63) is 65.7 Å². The molecule has 0 unspecified atom stereocenters. The zero-order chi connectivity index (χ0) is 13.9. The molecule has 1 aromatic carbocycles. The average molecular weight is 258 g/mol. The summed E-state index contributed by atoms with van der Waals surface area (Å²) < 4.78 is 13.1. The molecule has 0 aliphatic rings. The van der Waals surface area contributed by atoms with Crippen molar-refractivity contribution in [1.82, 2.24) is 10.3 Å². The number of carbonyl (C=O) groups is 1. The van der Waals surface area contributed by atoms with Gasteiger partial charge in [0.2, 0.25) is 0 Å². The Hall–Kier alpha value is -2.23. The van der Waals surface area contributed by atoms with E-state index < -0.39 is 11.4 Å². The maximum Gasteiger partial charge on any atom is 0.252 e. The van der Waals surface area contributed by atoms with Crippen LogP contribution in [0.5, 0.6) is 0 Å². The third-order valence-electron chi connectivity index (χ3n) is 2.90. The SMILES string of the molecule is CC(C)(NC(=O)c1cccc(F)c1)c1cccnc1. The zero-order valence-electron chi connectivity index (χ0n) is 10.9. The van der Waals surface area contributed by atoms with Gasteiger partial charge in [-0.05, 0) is 43.7 Å². The molecule has 98 valence electrons. The van der Waals surface area contributed by atoms with Crippen molar-refractivity contribution in [1.29, 1.82) is 0 Å². The third kappa shape index (κ3) is 3.16. The number of rotatable bonds is 3. The molecule has 1 amide bonds. The van der Waals surface area contributed by atoms with Crippen LogP contribution >= 0.6 is 0 Å². The van der Waals surface area contributed by atoms with E-state index in [9.17, 15) is 9.18 Å². The molecule has 0 saturated carbocycles. The highest BCUT2D eigenvalue weighted by atomic mass is 19.1. The first kappa shape index (κ1) is 13.2. The summed E-state index contributed by atoms with van der Waals surface area (Å²) in [5, 5.41) is 2.87. The van der Waals surface area contributed by atoms with Crippen molar-refractivity contribution >= 4 is 5.91 Å². The van der Waals surface area contributed by atoms with E-state index in [1.165, 1.54) is 18.2 Å². The normalized spacial score (nSPS) is 11.1. The number of benzene rings is 1. The number of nitrogens with zero attached hydrogens (tertiary/aromatic N) is 1. The largest absolute Gasteiger partial charge is 0.343 e. The Morgan fingerprint density at radius 1 is 1.26 bits per heavy atom. The molecule has 4 heteroatoms. The lowest BCUT2D eigenvalue weighted by atomic mass is 9.95. The number of hydrogen-bond donors (Lipinski definition) is 1. The maximum absolute atomic E-state index is 13.1. The lowest BCUT2D eigenvalue weighted by Gasteiger charge is -2.26. The van der Waals surface area contributed by atoms with Crippen LogP contribution in [0.15, 0.2) is 48.8 Å². The lowest BCUT2D eigenvalue weighted by molar-refractivity contribution is 0.0911. The van der Waals surface area contributed by atoms with Crippen LogP contribution < -0.4 is 5.32 Å². The summed E-state index contributed by atoms with van der Waals surface area (Å²) in [6.07, 6.45) is 3.37. The van der Waals surface area contributed by atoms with Gasteiger partial charge in [0.05, 0.1) is 5.54 Å². The number of amides is 1. The van der Waals surface area contributed by atoms with E-state index in [0.29, 0.717) is 5.56 Å². The first-order valence-electron chi connectivity index (χ1n) is 5.97. The molecule has 0 spiro atoms. The van der Waals surface area contributed by atoms with E-state index in [2.05, 4.69) is 10.3 Å². The van der Waals surface area contributed by atoms with Crippen LogP contribution in [0.4, 0.5) is 4.39 Å². The number of aromatic nitrogens is 1. The second kappa shape index (κ2) is 5.18. The van der Waals surface area contributed by atoms with Crippen molar-refractivity contribution in [2.75, 3.05) is 0 Å². The van der Waals surface area contributed by atoms with Gasteiger partial charge < -0.3 is 5.32 Å². The summed E-state index contributed by atoms with van der Waals surface area (Å²) in [7, 11) is 0. The van der Waals surface area contributed by atoms with Gasteiger partial charge in [-0.2, -0.15) is 0 Å². The minimum atomic E-state index is -0.572. The Labute approximate surface area is 111 Å². The van der Waals surface area contributed by atoms with Crippen molar-refractivity contribution in [2.24, 2.45) is 0 Å². The van der Waals surface area contributed by atoms with E-state index in [4.69, 9.17) is 0 Å². The van der Waals surface area contributed by atoms with Gasteiger partial charge in [0.1, 0.15) is 5.82 Å². The van der Waals surface area contributed by atoms with Crippen LogP contribution in [-0.2, 0) is 5.54 Å². The minimum Gasteiger partial charge on any atom is -0.343 e. The fourth-order valence-electron chi connectivity index (χ4n) is 1.79. The molecule has 1 N–H and O–H groups in total. The molecule has 3 nitrogen and oxygen atoms in total. The van der Waals surface area contributed by atoms with E-state index >= 15 is 0 Å². The molecule has 0 fully saturated rings. The standard InChI is InChI=1S/C15H15FN2O/c1-15(2,12-6-4-8-17-10-12)18-14(19)11-5-3-7-13(16)9-11/h3-10H,1-2H3,(H,18,19). The van der Waals surface area contributed by atoms with Crippen LogP contribution in [-0.4, -0.2) is 10.9 Å². The second-order valence-corrected chi connectivity index (χ2v) is 4.83. The summed E-state index contributed by atoms with van der Waals surface area (Å²) in [4.78, 5) is 16.1. The van der Waals surface area contributed by atoms with Crippen LogP contribution in [0.3, 0.4) is 0 Å². The molecule has 2 aromatic rings. The van der Waals surface area contributed by atoms with Gasteiger partial charge in [0, 0.05) is 18.0 Å². The Balaban J connectivity index is 2.19. The molecule has 0 aliphatic heterocycles.